The van der Waals surface area contributed by atoms with Crippen molar-refractivity contribution in [2.75, 3.05) is 13.2 Å². The van der Waals surface area contributed by atoms with Crippen molar-refractivity contribution in [3.8, 4) is 11.5 Å². The van der Waals surface area contributed by atoms with Crippen LogP contribution in [0, 0.1) is 0 Å². The Kier molecular flexibility index (Phi) is 4.14. The highest BCUT2D eigenvalue weighted by atomic mass is 19.3. The monoisotopic (exact) mass is 280 g/mol. The SMILES string of the molecule is FC(F)Oc1ccc(OCCOC2CC2(F)F)cc1. The molecular formula is C12H12F4O3. The Bertz CT molecular complexity index is 408. The summed E-state index contributed by atoms with van der Waals surface area (Å²) in [5.41, 5.74) is 0. The zero-order valence-electron chi connectivity index (χ0n) is 9.82. The van der Waals surface area contributed by atoms with Crippen molar-refractivity contribution < 1.29 is 31.8 Å². The van der Waals surface area contributed by atoms with Crippen molar-refractivity contribution in [1.29, 1.82) is 0 Å². The Labute approximate surface area is 107 Å². The second-order valence-corrected chi connectivity index (χ2v) is 4.02. The molecule has 7 heteroatoms. The summed E-state index contributed by atoms with van der Waals surface area (Å²) < 4.78 is 62.9. The Morgan fingerprint density at radius 1 is 1.11 bits per heavy atom. The molecule has 0 heterocycles. The van der Waals surface area contributed by atoms with E-state index >= 15 is 0 Å². The molecule has 0 radical (unpaired) electrons. The van der Waals surface area contributed by atoms with Crippen LogP contribution in [-0.2, 0) is 4.74 Å². The molecule has 1 fully saturated rings. The van der Waals surface area contributed by atoms with Gasteiger partial charge >= 0.3 is 6.61 Å². The van der Waals surface area contributed by atoms with E-state index < -0.39 is 18.6 Å². The van der Waals surface area contributed by atoms with Gasteiger partial charge in [-0.25, -0.2) is 8.78 Å². The molecule has 1 atom stereocenters. The van der Waals surface area contributed by atoms with E-state index in [9.17, 15) is 17.6 Å². The maximum atomic E-state index is 12.5. The van der Waals surface area contributed by atoms with Crippen molar-refractivity contribution in [3.05, 3.63) is 24.3 Å². The highest BCUT2D eigenvalue weighted by Crippen LogP contribution is 2.44. The fraction of sp³-hybridized carbons (Fsp3) is 0.500. The predicted molar refractivity (Wildman–Crippen MR) is 57.9 cm³/mol. The van der Waals surface area contributed by atoms with E-state index in [2.05, 4.69) is 4.74 Å². The van der Waals surface area contributed by atoms with Crippen molar-refractivity contribution in [2.24, 2.45) is 0 Å². The first kappa shape index (κ1) is 13.9. The number of hydrogen-bond acceptors (Lipinski definition) is 3. The fourth-order valence-electron chi connectivity index (χ4n) is 1.44. The van der Waals surface area contributed by atoms with Crippen molar-refractivity contribution >= 4 is 0 Å². The second-order valence-electron chi connectivity index (χ2n) is 4.02. The minimum Gasteiger partial charge on any atom is -0.491 e. The second kappa shape index (κ2) is 5.64. The van der Waals surface area contributed by atoms with Crippen LogP contribution in [-0.4, -0.2) is 31.9 Å². The lowest BCUT2D eigenvalue weighted by molar-refractivity contribution is -0.0498. The number of halogens is 4. The minimum absolute atomic E-state index is 0.0243. The summed E-state index contributed by atoms with van der Waals surface area (Å²) in [6.07, 6.45) is -1.25. The quantitative estimate of drug-likeness (QED) is 0.567. The van der Waals surface area contributed by atoms with Crippen LogP contribution in [0.5, 0.6) is 11.5 Å². The normalized spacial score (nSPS) is 20.4. The molecular weight excluding hydrogens is 268 g/mol. The van der Waals surface area contributed by atoms with Crippen molar-refractivity contribution in [2.45, 2.75) is 25.1 Å². The maximum absolute atomic E-state index is 12.5. The molecule has 19 heavy (non-hydrogen) atoms. The summed E-state index contributed by atoms with van der Waals surface area (Å²) in [7, 11) is 0. The molecule has 3 nitrogen and oxygen atoms in total. The van der Waals surface area contributed by atoms with Crippen LogP contribution in [0.15, 0.2) is 24.3 Å². The van der Waals surface area contributed by atoms with E-state index in [-0.39, 0.29) is 25.4 Å². The smallest absolute Gasteiger partial charge is 0.387 e. The molecule has 1 aromatic rings. The predicted octanol–water partition coefficient (Wildman–Crippen LogP) is 3.09. The number of rotatable bonds is 7. The lowest BCUT2D eigenvalue weighted by Crippen LogP contribution is -2.11. The Hall–Kier alpha value is -1.50. The van der Waals surface area contributed by atoms with Gasteiger partial charge in [0.25, 0.3) is 5.92 Å². The average Bonchev–Trinajstić information content (AvgIpc) is 2.94. The first-order valence-electron chi connectivity index (χ1n) is 5.64. The Morgan fingerprint density at radius 3 is 2.21 bits per heavy atom. The highest BCUT2D eigenvalue weighted by Gasteiger charge is 2.58. The highest BCUT2D eigenvalue weighted by molar-refractivity contribution is 5.31. The van der Waals surface area contributed by atoms with Crippen LogP contribution in [0.4, 0.5) is 17.6 Å². The van der Waals surface area contributed by atoms with Gasteiger partial charge in [0, 0.05) is 6.42 Å². The number of ether oxygens (including phenoxy) is 3. The molecule has 1 aromatic carbocycles. The van der Waals surface area contributed by atoms with Gasteiger partial charge in [-0.2, -0.15) is 8.78 Å². The zero-order chi connectivity index (χ0) is 13.9. The zero-order valence-corrected chi connectivity index (χ0v) is 9.82. The maximum Gasteiger partial charge on any atom is 0.387 e. The van der Waals surface area contributed by atoms with E-state index in [1.807, 2.05) is 0 Å². The van der Waals surface area contributed by atoms with E-state index in [0.717, 1.165) is 0 Å². The van der Waals surface area contributed by atoms with Crippen LogP contribution < -0.4 is 9.47 Å². The fourth-order valence-corrected chi connectivity index (χ4v) is 1.44. The lowest BCUT2D eigenvalue weighted by Gasteiger charge is -2.08. The molecule has 106 valence electrons. The number of hydrogen-bond donors (Lipinski definition) is 0. The number of alkyl halides is 4. The third-order valence-corrected chi connectivity index (χ3v) is 2.49. The van der Waals surface area contributed by atoms with Crippen LogP contribution >= 0.6 is 0 Å². The van der Waals surface area contributed by atoms with Crippen LogP contribution in [0.2, 0.25) is 0 Å². The summed E-state index contributed by atoms with van der Waals surface area (Å²) in [5, 5.41) is 0. The molecule has 0 spiro atoms. The van der Waals surface area contributed by atoms with Gasteiger partial charge in [0.1, 0.15) is 24.2 Å². The molecule has 0 N–H and O–H groups in total. The molecule has 1 unspecified atom stereocenters. The number of benzene rings is 1. The Morgan fingerprint density at radius 2 is 1.68 bits per heavy atom. The van der Waals surface area contributed by atoms with Gasteiger partial charge < -0.3 is 14.2 Å². The van der Waals surface area contributed by atoms with Crippen LogP contribution in [0.3, 0.4) is 0 Å². The molecule has 2 rings (SSSR count). The van der Waals surface area contributed by atoms with Gasteiger partial charge in [-0.15, -0.1) is 0 Å². The van der Waals surface area contributed by atoms with Gasteiger partial charge in [0.05, 0.1) is 6.61 Å². The Balaban J connectivity index is 1.66. The van der Waals surface area contributed by atoms with Gasteiger partial charge in [0.2, 0.25) is 0 Å². The van der Waals surface area contributed by atoms with E-state index in [1.165, 1.54) is 24.3 Å². The summed E-state index contributed by atoms with van der Waals surface area (Å²) in [4.78, 5) is 0. The summed E-state index contributed by atoms with van der Waals surface area (Å²) in [6, 6.07) is 5.56. The van der Waals surface area contributed by atoms with Crippen LogP contribution in [0.25, 0.3) is 0 Å². The van der Waals surface area contributed by atoms with E-state index in [0.29, 0.717) is 5.75 Å². The van der Waals surface area contributed by atoms with Gasteiger partial charge in [-0.1, -0.05) is 0 Å². The lowest BCUT2D eigenvalue weighted by atomic mass is 10.3. The van der Waals surface area contributed by atoms with Crippen molar-refractivity contribution in [3.63, 3.8) is 0 Å². The van der Waals surface area contributed by atoms with Crippen molar-refractivity contribution in [1.82, 2.24) is 0 Å². The summed E-state index contributed by atoms with van der Waals surface area (Å²) >= 11 is 0. The standard InChI is InChI=1S/C12H12F4O3/c13-11(14)19-9-3-1-8(2-4-9)17-5-6-18-10-7-12(10,15)16/h1-4,10-11H,5-7H2. The largest absolute Gasteiger partial charge is 0.491 e. The molecule has 0 saturated heterocycles. The van der Waals surface area contributed by atoms with Gasteiger partial charge in [-0.05, 0) is 24.3 Å². The van der Waals surface area contributed by atoms with Crippen LogP contribution in [0.1, 0.15) is 6.42 Å². The van der Waals surface area contributed by atoms with E-state index in [4.69, 9.17) is 9.47 Å². The third-order valence-electron chi connectivity index (χ3n) is 2.49. The molecule has 0 aliphatic heterocycles. The molecule has 1 aliphatic carbocycles. The summed E-state index contributed by atoms with van der Waals surface area (Å²) in [6.45, 7) is -2.71. The topological polar surface area (TPSA) is 27.7 Å². The van der Waals surface area contributed by atoms with Gasteiger partial charge in [0.15, 0.2) is 0 Å². The first-order valence-corrected chi connectivity index (χ1v) is 5.64. The molecule has 0 amide bonds. The third kappa shape index (κ3) is 4.27. The summed E-state index contributed by atoms with van der Waals surface area (Å²) in [5.74, 6) is -2.25. The van der Waals surface area contributed by atoms with E-state index in [1.54, 1.807) is 0 Å². The first-order chi connectivity index (χ1) is 8.97. The molecule has 0 aromatic heterocycles. The average molecular weight is 280 g/mol. The molecule has 0 bridgehead atoms. The minimum atomic E-state index is -2.87. The molecule has 1 saturated carbocycles. The molecule has 1 aliphatic rings. The van der Waals surface area contributed by atoms with Gasteiger partial charge in [-0.3, -0.25) is 0 Å².